The second-order valence-corrected chi connectivity index (χ2v) is 10.1. The Morgan fingerprint density at radius 3 is 2.66 bits per heavy atom. The summed E-state index contributed by atoms with van der Waals surface area (Å²) < 4.78 is 2.31. The summed E-state index contributed by atoms with van der Waals surface area (Å²) >= 11 is 5.82. The van der Waals surface area contributed by atoms with E-state index in [0.29, 0.717) is 18.1 Å². The van der Waals surface area contributed by atoms with Crippen LogP contribution >= 0.6 is 12.2 Å². The fraction of sp³-hybridized carbons (Fsp3) is 0.267. The van der Waals surface area contributed by atoms with Crippen molar-refractivity contribution in [1.82, 2.24) is 24.8 Å². The molecule has 4 heterocycles. The zero-order valence-electron chi connectivity index (χ0n) is 21.9. The minimum atomic E-state index is -0.129. The highest BCUT2D eigenvalue weighted by Gasteiger charge is 2.41. The van der Waals surface area contributed by atoms with Crippen LogP contribution in [0.15, 0.2) is 79.3 Å². The molecule has 8 heteroatoms. The van der Waals surface area contributed by atoms with Crippen LogP contribution in [-0.2, 0) is 11.3 Å². The lowest BCUT2D eigenvalue weighted by Gasteiger charge is -2.28. The first-order valence-corrected chi connectivity index (χ1v) is 13.2. The van der Waals surface area contributed by atoms with Gasteiger partial charge in [0.05, 0.1) is 17.8 Å². The average Bonchev–Trinajstić information content (AvgIpc) is 3.39. The number of nitrogens with zero attached hydrogens (tertiary/aromatic N) is 4. The number of amides is 1. The van der Waals surface area contributed by atoms with Crippen molar-refractivity contribution in [3.05, 3.63) is 113 Å². The van der Waals surface area contributed by atoms with E-state index in [0.717, 1.165) is 40.4 Å². The van der Waals surface area contributed by atoms with E-state index in [1.165, 1.54) is 5.56 Å². The van der Waals surface area contributed by atoms with Gasteiger partial charge in [-0.2, -0.15) is 0 Å². The number of nitrogens with one attached hydrogen (secondary N) is 2. The van der Waals surface area contributed by atoms with E-state index in [9.17, 15) is 4.79 Å². The fourth-order valence-corrected chi connectivity index (χ4v) is 5.53. The molecule has 1 saturated heterocycles. The molecule has 0 spiro atoms. The van der Waals surface area contributed by atoms with Crippen molar-refractivity contribution in [1.29, 1.82) is 0 Å². The summed E-state index contributed by atoms with van der Waals surface area (Å²) in [6.07, 6.45) is 5.82. The predicted octanol–water partition coefficient (Wildman–Crippen LogP) is 5.25. The normalized spacial score (nSPS) is 16.9. The maximum atomic E-state index is 12.9. The van der Waals surface area contributed by atoms with E-state index in [-0.39, 0.29) is 18.0 Å². The monoisotopic (exact) mass is 524 g/mol. The number of hydrogen-bond acceptors (Lipinski definition) is 4. The molecule has 1 fully saturated rings. The standard InChI is InChI=1S/C30H32N6OS/c1-20-8-6-10-24(16-20)33-27(37)12-15-35-29(28(34-30(35)38)26-11-4-5-14-32-26)25-17-21(2)36(22(25)3)19-23-9-7-13-31-18-23/h4-11,13-14,16-18,28-29H,12,15,19H2,1-3H3,(H,33,37)(H,34,38)/t28-,29+/m0/s1. The van der Waals surface area contributed by atoms with Crippen LogP contribution in [0, 0.1) is 20.8 Å². The maximum absolute atomic E-state index is 12.9. The molecule has 1 aromatic carbocycles. The summed E-state index contributed by atoms with van der Waals surface area (Å²) in [4.78, 5) is 24.0. The number of rotatable bonds is 8. The number of carbonyl (C=O) groups excluding carboxylic acids is 1. The molecular weight excluding hydrogens is 492 g/mol. The number of thiocarbonyl (C=S) groups is 1. The fourth-order valence-electron chi connectivity index (χ4n) is 5.20. The number of pyridine rings is 2. The SMILES string of the molecule is Cc1cccc(NC(=O)CCN2C(=S)N[C@@H](c3ccccn3)[C@H]2c2cc(C)n(Cc3cccnc3)c2C)c1. The van der Waals surface area contributed by atoms with Gasteiger partial charge in [0, 0.05) is 55.2 Å². The van der Waals surface area contributed by atoms with Crippen molar-refractivity contribution in [2.24, 2.45) is 0 Å². The lowest BCUT2D eigenvalue weighted by atomic mass is 9.96. The Labute approximate surface area is 228 Å². The van der Waals surface area contributed by atoms with Crippen LogP contribution in [0.25, 0.3) is 0 Å². The molecule has 2 N–H and O–H groups in total. The third kappa shape index (κ3) is 5.45. The molecule has 0 bridgehead atoms. The number of aromatic nitrogens is 3. The van der Waals surface area contributed by atoms with E-state index in [2.05, 4.69) is 56.0 Å². The van der Waals surface area contributed by atoms with E-state index in [1.807, 2.05) is 61.7 Å². The van der Waals surface area contributed by atoms with Crippen LogP contribution in [0.4, 0.5) is 5.69 Å². The number of hydrogen-bond donors (Lipinski definition) is 2. The first-order chi connectivity index (χ1) is 18.4. The summed E-state index contributed by atoms with van der Waals surface area (Å²) in [5, 5.41) is 7.15. The second kappa shape index (κ2) is 11.1. The molecule has 0 radical (unpaired) electrons. The molecule has 0 aliphatic carbocycles. The van der Waals surface area contributed by atoms with E-state index in [4.69, 9.17) is 12.2 Å². The molecule has 0 unspecified atom stereocenters. The van der Waals surface area contributed by atoms with Gasteiger partial charge < -0.3 is 20.1 Å². The van der Waals surface area contributed by atoms with Crippen molar-refractivity contribution < 1.29 is 4.79 Å². The highest BCUT2D eigenvalue weighted by atomic mass is 32.1. The van der Waals surface area contributed by atoms with Gasteiger partial charge in [0.2, 0.25) is 5.91 Å². The second-order valence-electron chi connectivity index (χ2n) is 9.76. The van der Waals surface area contributed by atoms with Crippen LogP contribution in [0.5, 0.6) is 0 Å². The van der Waals surface area contributed by atoms with Crippen LogP contribution < -0.4 is 10.6 Å². The molecular formula is C30H32N6OS. The zero-order chi connectivity index (χ0) is 26.6. The van der Waals surface area contributed by atoms with Crippen molar-refractivity contribution in [2.75, 3.05) is 11.9 Å². The molecule has 0 saturated carbocycles. The van der Waals surface area contributed by atoms with Gasteiger partial charge in [-0.15, -0.1) is 0 Å². The summed E-state index contributed by atoms with van der Waals surface area (Å²) in [7, 11) is 0. The van der Waals surface area contributed by atoms with Crippen molar-refractivity contribution in [3.63, 3.8) is 0 Å². The number of carbonyl (C=O) groups is 1. The number of benzene rings is 1. The van der Waals surface area contributed by atoms with Gasteiger partial charge in [-0.3, -0.25) is 14.8 Å². The molecule has 7 nitrogen and oxygen atoms in total. The van der Waals surface area contributed by atoms with Gasteiger partial charge >= 0.3 is 0 Å². The van der Waals surface area contributed by atoms with E-state index >= 15 is 0 Å². The Kier molecular flexibility index (Phi) is 7.51. The molecule has 1 aliphatic heterocycles. The van der Waals surface area contributed by atoms with Gasteiger partial charge in [0.25, 0.3) is 0 Å². The quantitative estimate of drug-likeness (QED) is 0.307. The third-order valence-electron chi connectivity index (χ3n) is 7.07. The van der Waals surface area contributed by atoms with Crippen LogP contribution in [-0.4, -0.2) is 37.0 Å². The van der Waals surface area contributed by atoms with Crippen molar-refractivity contribution in [3.8, 4) is 0 Å². The third-order valence-corrected chi connectivity index (χ3v) is 7.43. The topological polar surface area (TPSA) is 75.1 Å². The average molecular weight is 525 g/mol. The van der Waals surface area contributed by atoms with E-state index in [1.54, 1.807) is 12.4 Å². The van der Waals surface area contributed by atoms with Gasteiger partial charge in [-0.05, 0) is 86.1 Å². The Hall–Kier alpha value is -4.04. The van der Waals surface area contributed by atoms with Crippen molar-refractivity contribution >= 4 is 28.9 Å². The molecule has 1 aliphatic rings. The Bertz CT molecular complexity index is 1440. The van der Waals surface area contributed by atoms with Crippen LogP contribution in [0.2, 0.25) is 0 Å². The molecule has 4 aromatic rings. The predicted molar refractivity (Wildman–Crippen MR) is 154 cm³/mol. The van der Waals surface area contributed by atoms with Gasteiger partial charge in [-0.1, -0.05) is 24.3 Å². The molecule has 194 valence electrons. The molecule has 38 heavy (non-hydrogen) atoms. The smallest absolute Gasteiger partial charge is 0.226 e. The Balaban J connectivity index is 1.43. The Morgan fingerprint density at radius 2 is 1.92 bits per heavy atom. The first kappa shape index (κ1) is 25.6. The highest BCUT2D eigenvalue weighted by molar-refractivity contribution is 7.80. The van der Waals surface area contributed by atoms with Crippen molar-refractivity contribution in [2.45, 2.75) is 45.8 Å². The van der Waals surface area contributed by atoms with E-state index < -0.39 is 0 Å². The molecule has 1 amide bonds. The minimum Gasteiger partial charge on any atom is -0.352 e. The summed E-state index contributed by atoms with van der Waals surface area (Å²) in [5.41, 5.74) is 7.48. The summed E-state index contributed by atoms with van der Waals surface area (Å²) in [6.45, 7) is 7.52. The summed E-state index contributed by atoms with van der Waals surface area (Å²) in [6, 6.07) is 19.8. The molecule has 5 rings (SSSR count). The van der Waals surface area contributed by atoms with Crippen LogP contribution in [0.3, 0.4) is 0 Å². The minimum absolute atomic E-state index is 0.0412. The van der Waals surface area contributed by atoms with Gasteiger partial charge in [0.1, 0.15) is 0 Å². The molecule has 2 atom stereocenters. The zero-order valence-corrected chi connectivity index (χ0v) is 22.7. The molecule has 3 aromatic heterocycles. The Morgan fingerprint density at radius 1 is 1.05 bits per heavy atom. The number of anilines is 1. The maximum Gasteiger partial charge on any atom is 0.226 e. The van der Waals surface area contributed by atoms with Crippen LogP contribution in [0.1, 0.15) is 52.3 Å². The largest absolute Gasteiger partial charge is 0.352 e. The lowest BCUT2D eigenvalue weighted by Crippen LogP contribution is -2.33. The van der Waals surface area contributed by atoms with Gasteiger partial charge in [-0.25, -0.2) is 0 Å². The first-order valence-electron chi connectivity index (χ1n) is 12.8. The lowest BCUT2D eigenvalue weighted by molar-refractivity contribution is -0.116. The highest BCUT2D eigenvalue weighted by Crippen LogP contribution is 2.41. The summed E-state index contributed by atoms with van der Waals surface area (Å²) in [5.74, 6) is -0.0412. The van der Waals surface area contributed by atoms with Gasteiger partial charge in [0.15, 0.2) is 5.11 Å². The number of aryl methyl sites for hydroxylation is 2.